The number of ether oxygens (including phenoxy) is 1. The molecule has 0 aliphatic rings. The molecule has 1 rings (SSSR count). The first-order valence-electron chi connectivity index (χ1n) is 6.80. The van der Waals surface area contributed by atoms with E-state index in [0.717, 1.165) is 12.0 Å². The number of aryl methyl sites for hydroxylation is 1. The molecule has 0 bridgehead atoms. The second kappa shape index (κ2) is 8.19. The van der Waals surface area contributed by atoms with E-state index in [-0.39, 0.29) is 18.4 Å². The van der Waals surface area contributed by atoms with Gasteiger partial charge in [0.15, 0.2) is 6.61 Å². The minimum Gasteiger partial charge on any atom is -0.484 e. The fourth-order valence-electron chi connectivity index (χ4n) is 1.61. The monoisotopic (exact) mass is 278 g/mol. The fraction of sp³-hybridized carbons (Fsp3) is 0.467. The van der Waals surface area contributed by atoms with Crippen LogP contribution in [0.1, 0.15) is 25.8 Å². The van der Waals surface area contributed by atoms with E-state index < -0.39 is 6.04 Å². The van der Waals surface area contributed by atoms with Crippen LogP contribution in [0.25, 0.3) is 0 Å². The molecule has 0 saturated carbocycles. The van der Waals surface area contributed by atoms with Crippen LogP contribution in [0.15, 0.2) is 24.3 Å². The van der Waals surface area contributed by atoms with Gasteiger partial charge in [-0.25, -0.2) is 0 Å². The Kier molecular flexibility index (Phi) is 6.56. The number of para-hydroxylation sites is 1. The molecule has 0 aromatic heterocycles. The van der Waals surface area contributed by atoms with Gasteiger partial charge < -0.3 is 15.4 Å². The van der Waals surface area contributed by atoms with Crippen LogP contribution < -0.4 is 15.4 Å². The average Bonchev–Trinajstić information content (AvgIpc) is 2.43. The molecule has 5 nitrogen and oxygen atoms in total. The van der Waals surface area contributed by atoms with Gasteiger partial charge in [0.2, 0.25) is 5.91 Å². The Morgan fingerprint density at radius 3 is 2.65 bits per heavy atom. The lowest BCUT2D eigenvalue weighted by Gasteiger charge is -2.14. The van der Waals surface area contributed by atoms with Gasteiger partial charge in [-0.3, -0.25) is 9.59 Å². The minimum atomic E-state index is -0.561. The third-order valence-electron chi connectivity index (χ3n) is 2.77. The van der Waals surface area contributed by atoms with Crippen LogP contribution in [0.2, 0.25) is 0 Å². The summed E-state index contributed by atoms with van der Waals surface area (Å²) in [6, 6.07) is 6.91. The van der Waals surface area contributed by atoms with Crippen LogP contribution in [0.4, 0.5) is 0 Å². The Morgan fingerprint density at radius 2 is 2.00 bits per heavy atom. The maximum atomic E-state index is 11.7. The fourth-order valence-corrected chi connectivity index (χ4v) is 1.61. The zero-order chi connectivity index (χ0) is 15.0. The molecule has 0 radical (unpaired) electrons. The Bertz CT molecular complexity index is 460. The number of carbonyl (C=O) groups is 2. The summed E-state index contributed by atoms with van der Waals surface area (Å²) in [4.78, 5) is 23.3. The predicted octanol–water partition coefficient (Wildman–Crippen LogP) is 1.40. The number of hydrogen-bond acceptors (Lipinski definition) is 3. The number of carbonyl (C=O) groups excluding carboxylic acids is 2. The van der Waals surface area contributed by atoms with Crippen molar-refractivity contribution in [3.8, 4) is 5.75 Å². The van der Waals surface area contributed by atoms with Crippen LogP contribution in [0.5, 0.6) is 5.75 Å². The first kappa shape index (κ1) is 16.0. The minimum absolute atomic E-state index is 0.101. The second-order valence-corrected chi connectivity index (χ2v) is 4.63. The van der Waals surface area contributed by atoms with Crippen molar-refractivity contribution in [2.45, 2.75) is 33.2 Å². The third-order valence-corrected chi connectivity index (χ3v) is 2.77. The highest BCUT2D eigenvalue weighted by molar-refractivity contribution is 5.87. The molecule has 5 heteroatoms. The van der Waals surface area contributed by atoms with Crippen molar-refractivity contribution >= 4 is 11.8 Å². The molecule has 0 aliphatic carbocycles. The van der Waals surface area contributed by atoms with Crippen molar-refractivity contribution in [2.75, 3.05) is 13.2 Å². The van der Waals surface area contributed by atoms with Gasteiger partial charge in [0, 0.05) is 6.54 Å². The Balaban J connectivity index is 2.37. The van der Waals surface area contributed by atoms with Gasteiger partial charge in [-0.1, -0.05) is 25.1 Å². The third kappa shape index (κ3) is 5.30. The summed E-state index contributed by atoms with van der Waals surface area (Å²) in [5, 5.41) is 5.33. The van der Waals surface area contributed by atoms with E-state index in [1.807, 2.05) is 32.0 Å². The van der Waals surface area contributed by atoms with E-state index in [1.165, 1.54) is 0 Å². The average molecular weight is 278 g/mol. The summed E-state index contributed by atoms with van der Waals surface area (Å²) >= 11 is 0. The molecule has 1 aromatic carbocycles. The summed E-state index contributed by atoms with van der Waals surface area (Å²) in [6.07, 6.45) is 0.864. The van der Waals surface area contributed by atoms with E-state index in [0.29, 0.717) is 12.3 Å². The summed E-state index contributed by atoms with van der Waals surface area (Å²) in [7, 11) is 0. The molecular weight excluding hydrogens is 256 g/mol. The van der Waals surface area contributed by atoms with Gasteiger partial charge in [0.25, 0.3) is 5.91 Å². The van der Waals surface area contributed by atoms with Gasteiger partial charge >= 0.3 is 0 Å². The molecule has 2 amide bonds. The molecule has 0 saturated heterocycles. The van der Waals surface area contributed by atoms with Gasteiger partial charge in [-0.15, -0.1) is 0 Å². The quantitative estimate of drug-likeness (QED) is 0.792. The maximum absolute atomic E-state index is 11.7. The largest absolute Gasteiger partial charge is 0.484 e. The highest BCUT2D eigenvalue weighted by atomic mass is 16.5. The maximum Gasteiger partial charge on any atom is 0.258 e. The summed E-state index contributed by atoms with van der Waals surface area (Å²) in [5.41, 5.74) is 0.967. The lowest BCUT2D eigenvalue weighted by atomic mass is 10.2. The van der Waals surface area contributed by atoms with Gasteiger partial charge in [0.1, 0.15) is 11.8 Å². The van der Waals surface area contributed by atoms with Crippen LogP contribution in [0, 0.1) is 6.92 Å². The number of benzene rings is 1. The van der Waals surface area contributed by atoms with E-state index in [2.05, 4.69) is 10.6 Å². The summed E-state index contributed by atoms with van der Waals surface area (Å²) in [5.74, 6) is 0.175. The first-order valence-corrected chi connectivity index (χ1v) is 6.80. The number of nitrogens with one attached hydrogen (secondary N) is 2. The molecule has 110 valence electrons. The Morgan fingerprint density at radius 1 is 1.30 bits per heavy atom. The van der Waals surface area contributed by atoms with Crippen molar-refractivity contribution in [3.05, 3.63) is 29.8 Å². The lowest BCUT2D eigenvalue weighted by molar-refractivity contribution is -0.129. The molecule has 20 heavy (non-hydrogen) atoms. The van der Waals surface area contributed by atoms with Gasteiger partial charge in [-0.05, 0) is 31.9 Å². The summed E-state index contributed by atoms with van der Waals surface area (Å²) in [6.45, 7) is 6.04. The standard InChI is InChI=1S/C15H22N2O3/c1-4-9-16-15(19)12(3)17-14(18)10-20-13-8-6-5-7-11(13)2/h5-8,12H,4,9-10H2,1-3H3,(H,16,19)(H,17,18)/t12-/m0/s1. The highest BCUT2D eigenvalue weighted by Gasteiger charge is 2.15. The van der Waals surface area contributed by atoms with Crippen molar-refractivity contribution < 1.29 is 14.3 Å². The molecule has 0 spiro atoms. The number of rotatable bonds is 7. The topological polar surface area (TPSA) is 67.4 Å². The first-order chi connectivity index (χ1) is 9.54. The van der Waals surface area contributed by atoms with E-state index >= 15 is 0 Å². The predicted molar refractivity (Wildman–Crippen MR) is 77.6 cm³/mol. The smallest absolute Gasteiger partial charge is 0.258 e. The molecule has 1 aromatic rings. The Hall–Kier alpha value is -2.04. The zero-order valence-electron chi connectivity index (χ0n) is 12.2. The summed E-state index contributed by atoms with van der Waals surface area (Å²) < 4.78 is 5.42. The van der Waals surface area contributed by atoms with Gasteiger partial charge in [-0.2, -0.15) is 0 Å². The van der Waals surface area contributed by atoms with Crippen molar-refractivity contribution in [3.63, 3.8) is 0 Å². The SMILES string of the molecule is CCCNC(=O)[C@H](C)NC(=O)COc1ccccc1C. The van der Waals surface area contributed by atoms with E-state index in [1.54, 1.807) is 13.0 Å². The molecule has 0 fully saturated rings. The van der Waals surface area contributed by atoms with Crippen LogP contribution in [-0.2, 0) is 9.59 Å². The van der Waals surface area contributed by atoms with E-state index in [4.69, 9.17) is 4.74 Å². The Labute approximate surface area is 119 Å². The lowest BCUT2D eigenvalue weighted by Crippen LogP contribution is -2.46. The molecule has 0 unspecified atom stereocenters. The molecule has 0 heterocycles. The van der Waals surface area contributed by atoms with Crippen LogP contribution >= 0.6 is 0 Å². The van der Waals surface area contributed by atoms with Crippen molar-refractivity contribution in [1.29, 1.82) is 0 Å². The molecular formula is C15H22N2O3. The molecule has 1 atom stereocenters. The van der Waals surface area contributed by atoms with Crippen LogP contribution in [-0.4, -0.2) is 31.0 Å². The van der Waals surface area contributed by atoms with Crippen LogP contribution in [0.3, 0.4) is 0 Å². The van der Waals surface area contributed by atoms with Gasteiger partial charge in [0.05, 0.1) is 0 Å². The highest BCUT2D eigenvalue weighted by Crippen LogP contribution is 2.15. The zero-order valence-corrected chi connectivity index (χ0v) is 12.2. The number of amides is 2. The van der Waals surface area contributed by atoms with Crippen molar-refractivity contribution in [2.24, 2.45) is 0 Å². The number of hydrogen-bond donors (Lipinski definition) is 2. The van der Waals surface area contributed by atoms with E-state index in [9.17, 15) is 9.59 Å². The normalized spacial score (nSPS) is 11.6. The molecule has 2 N–H and O–H groups in total. The van der Waals surface area contributed by atoms with Crippen molar-refractivity contribution in [1.82, 2.24) is 10.6 Å². The molecule has 0 aliphatic heterocycles. The second-order valence-electron chi connectivity index (χ2n) is 4.63.